The minimum Gasteiger partial charge on any atom is -0.354 e. The van der Waals surface area contributed by atoms with Crippen molar-refractivity contribution < 1.29 is 22.4 Å². The van der Waals surface area contributed by atoms with Crippen molar-refractivity contribution in [3.63, 3.8) is 0 Å². The summed E-state index contributed by atoms with van der Waals surface area (Å²) >= 11 is 0. The van der Waals surface area contributed by atoms with Gasteiger partial charge in [-0.25, -0.2) is 8.70 Å². The average molecular weight is 493 g/mol. The third-order valence-electron chi connectivity index (χ3n) is 5.33. The lowest BCUT2D eigenvalue weighted by molar-refractivity contribution is -0.139. The summed E-state index contributed by atoms with van der Waals surface area (Å²) in [7, 11) is -1.38. The van der Waals surface area contributed by atoms with E-state index in [4.69, 9.17) is 0 Å². The first-order chi connectivity index (χ1) is 16.1. The Hall–Kier alpha value is -2.98. The number of hydrogen-bond acceptors (Lipinski definition) is 4. The van der Waals surface area contributed by atoms with Crippen LogP contribution in [-0.2, 0) is 26.3 Å². The number of hydrogen-bond donors (Lipinski definition) is 1. The van der Waals surface area contributed by atoms with E-state index >= 15 is 0 Å². The summed E-state index contributed by atoms with van der Waals surface area (Å²) in [4.78, 5) is 27.6. The van der Waals surface area contributed by atoms with E-state index in [0.29, 0.717) is 6.54 Å². The van der Waals surface area contributed by atoms with Crippen molar-refractivity contribution in [3.8, 4) is 0 Å². The van der Waals surface area contributed by atoms with Gasteiger partial charge >= 0.3 is 10.2 Å². The maximum atomic E-state index is 13.5. The lowest BCUT2D eigenvalue weighted by Gasteiger charge is -2.32. The van der Waals surface area contributed by atoms with E-state index in [1.54, 1.807) is 6.92 Å². The molecule has 0 radical (unpaired) electrons. The number of carbonyl (C=O) groups excluding carboxylic acids is 2. The van der Waals surface area contributed by atoms with Gasteiger partial charge in [-0.15, -0.1) is 0 Å². The van der Waals surface area contributed by atoms with Gasteiger partial charge in [0.15, 0.2) is 0 Å². The van der Waals surface area contributed by atoms with Gasteiger partial charge in [-0.1, -0.05) is 43.7 Å². The molecule has 2 aromatic carbocycles. The van der Waals surface area contributed by atoms with Gasteiger partial charge in [0.1, 0.15) is 18.4 Å². The highest BCUT2D eigenvalue weighted by Gasteiger charge is 2.32. The lowest BCUT2D eigenvalue weighted by Crippen LogP contribution is -2.52. The molecule has 0 heterocycles. The molecule has 1 N–H and O–H groups in total. The summed E-state index contributed by atoms with van der Waals surface area (Å²) in [5.41, 5.74) is 0.941. The van der Waals surface area contributed by atoms with Crippen molar-refractivity contribution in [1.82, 2.24) is 14.5 Å². The Morgan fingerprint density at radius 1 is 1.03 bits per heavy atom. The maximum absolute atomic E-state index is 13.5. The van der Waals surface area contributed by atoms with E-state index in [2.05, 4.69) is 5.32 Å². The molecule has 0 spiro atoms. The molecule has 2 rings (SSSR count). The van der Waals surface area contributed by atoms with Crippen LogP contribution in [0.4, 0.5) is 10.1 Å². The molecule has 0 aliphatic heterocycles. The topological polar surface area (TPSA) is 90.0 Å². The van der Waals surface area contributed by atoms with E-state index in [-0.39, 0.29) is 18.1 Å². The van der Waals surface area contributed by atoms with E-state index < -0.39 is 34.5 Å². The number of amides is 2. The first-order valence-electron chi connectivity index (χ1n) is 11.1. The van der Waals surface area contributed by atoms with Crippen molar-refractivity contribution in [2.75, 3.05) is 31.5 Å². The standard InChI is InChI=1S/C24H33FN4O4S/c1-5-6-16-26-24(31)19(2)28(17-20-10-8-7-9-11-20)23(30)18-29(34(32,33)27(3)4)22-14-12-21(25)13-15-22/h7-15,19H,5-6,16-18H2,1-4H3,(H,26,31). The van der Waals surface area contributed by atoms with Crippen molar-refractivity contribution in [1.29, 1.82) is 0 Å². The zero-order chi connectivity index (χ0) is 25.3. The van der Waals surface area contributed by atoms with Crippen LogP contribution >= 0.6 is 0 Å². The Balaban J connectivity index is 2.37. The Kier molecular flexibility index (Phi) is 10.0. The average Bonchev–Trinajstić information content (AvgIpc) is 2.81. The quantitative estimate of drug-likeness (QED) is 0.462. The second-order valence-corrected chi connectivity index (χ2v) is 10.2. The number of halogens is 1. The maximum Gasteiger partial charge on any atom is 0.304 e. The van der Waals surface area contributed by atoms with Crippen LogP contribution in [0.15, 0.2) is 54.6 Å². The molecule has 8 nitrogen and oxygen atoms in total. The number of carbonyl (C=O) groups is 2. The second kappa shape index (κ2) is 12.5. The van der Waals surface area contributed by atoms with Crippen molar-refractivity contribution in [3.05, 3.63) is 66.0 Å². The Labute approximate surface area is 201 Å². The minimum absolute atomic E-state index is 0.126. The molecule has 186 valence electrons. The molecular formula is C24H33FN4O4S. The highest BCUT2D eigenvalue weighted by Crippen LogP contribution is 2.21. The van der Waals surface area contributed by atoms with E-state index in [9.17, 15) is 22.4 Å². The van der Waals surface area contributed by atoms with Gasteiger partial charge in [0.25, 0.3) is 0 Å². The predicted octanol–water partition coefficient (Wildman–Crippen LogP) is 2.77. The van der Waals surface area contributed by atoms with E-state index in [1.807, 2.05) is 37.3 Å². The number of benzene rings is 2. The number of nitrogens with zero attached hydrogens (tertiary/aromatic N) is 3. The fourth-order valence-corrected chi connectivity index (χ4v) is 4.28. The second-order valence-electron chi connectivity index (χ2n) is 8.10. The van der Waals surface area contributed by atoms with Crippen molar-refractivity contribution in [2.24, 2.45) is 0 Å². The molecule has 0 saturated heterocycles. The molecule has 34 heavy (non-hydrogen) atoms. The van der Waals surface area contributed by atoms with E-state index in [0.717, 1.165) is 39.1 Å². The van der Waals surface area contributed by atoms with Crippen LogP contribution in [0.3, 0.4) is 0 Å². The summed E-state index contributed by atoms with van der Waals surface area (Å²) < 4.78 is 41.4. The molecule has 2 aromatic rings. The molecule has 0 aliphatic carbocycles. The molecular weight excluding hydrogens is 459 g/mol. The molecule has 1 unspecified atom stereocenters. The molecule has 2 amide bonds. The molecule has 10 heteroatoms. The highest BCUT2D eigenvalue weighted by atomic mass is 32.2. The minimum atomic E-state index is -4.07. The summed E-state index contributed by atoms with van der Waals surface area (Å²) in [6.07, 6.45) is 1.72. The zero-order valence-corrected chi connectivity index (χ0v) is 20.9. The van der Waals surface area contributed by atoms with Crippen LogP contribution in [0.25, 0.3) is 0 Å². The fraction of sp³-hybridized carbons (Fsp3) is 0.417. The predicted molar refractivity (Wildman–Crippen MR) is 131 cm³/mol. The highest BCUT2D eigenvalue weighted by molar-refractivity contribution is 7.90. The van der Waals surface area contributed by atoms with E-state index in [1.165, 1.54) is 31.1 Å². The Morgan fingerprint density at radius 2 is 1.65 bits per heavy atom. The fourth-order valence-electron chi connectivity index (χ4n) is 3.22. The molecule has 0 aliphatic rings. The van der Waals surface area contributed by atoms with Crippen LogP contribution < -0.4 is 9.62 Å². The van der Waals surface area contributed by atoms with Crippen molar-refractivity contribution in [2.45, 2.75) is 39.3 Å². The first-order valence-corrected chi connectivity index (χ1v) is 12.5. The smallest absolute Gasteiger partial charge is 0.304 e. The number of anilines is 1. The lowest BCUT2D eigenvalue weighted by atomic mass is 10.1. The van der Waals surface area contributed by atoms with Gasteiger partial charge in [0, 0.05) is 27.2 Å². The first kappa shape index (κ1) is 27.3. The third kappa shape index (κ3) is 7.26. The molecule has 0 aromatic heterocycles. The van der Waals surface area contributed by atoms with Gasteiger partial charge in [0.2, 0.25) is 11.8 Å². The van der Waals surface area contributed by atoms with Gasteiger partial charge in [-0.2, -0.15) is 12.7 Å². The van der Waals surface area contributed by atoms with Crippen LogP contribution in [0.1, 0.15) is 32.3 Å². The van der Waals surface area contributed by atoms with Crippen molar-refractivity contribution >= 4 is 27.7 Å². The summed E-state index contributed by atoms with van der Waals surface area (Å²) in [6.45, 7) is 3.69. The van der Waals surface area contributed by atoms with Gasteiger partial charge in [-0.05, 0) is 43.2 Å². The normalized spacial score (nSPS) is 12.3. The summed E-state index contributed by atoms with van der Waals surface area (Å²) in [5, 5.41) is 2.83. The zero-order valence-electron chi connectivity index (χ0n) is 20.1. The number of nitrogens with one attached hydrogen (secondary N) is 1. The van der Waals surface area contributed by atoms with Crippen LogP contribution in [0.2, 0.25) is 0 Å². The van der Waals surface area contributed by atoms with Gasteiger partial charge in [0.05, 0.1) is 5.69 Å². The SMILES string of the molecule is CCCCNC(=O)C(C)N(Cc1ccccc1)C(=O)CN(c1ccc(F)cc1)S(=O)(=O)N(C)C. The molecule has 0 fully saturated rings. The van der Waals surface area contributed by atoms with Crippen LogP contribution in [-0.4, -0.2) is 62.7 Å². The van der Waals surface area contributed by atoms with Gasteiger partial charge < -0.3 is 10.2 Å². The number of rotatable bonds is 12. The van der Waals surface area contributed by atoms with Gasteiger partial charge in [-0.3, -0.25) is 9.59 Å². The molecule has 0 bridgehead atoms. The summed E-state index contributed by atoms with van der Waals surface area (Å²) in [5.74, 6) is -1.40. The summed E-state index contributed by atoms with van der Waals surface area (Å²) in [6, 6.07) is 13.2. The monoisotopic (exact) mass is 492 g/mol. The van der Waals surface area contributed by atoms with Crippen LogP contribution in [0.5, 0.6) is 0 Å². The number of unbranched alkanes of at least 4 members (excludes halogenated alkanes) is 1. The third-order valence-corrected chi connectivity index (χ3v) is 7.15. The van der Waals surface area contributed by atoms with Crippen LogP contribution in [0, 0.1) is 5.82 Å². The molecule has 1 atom stereocenters. The Bertz CT molecular complexity index is 1050. The molecule has 0 saturated carbocycles. The largest absolute Gasteiger partial charge is 0.354 e. The Morgan fingerprint density at radius 3 is 2.21 bits per heavy atom.